The van der Waals surface area contributed by atoms with E-state index in [1.54, 1.807) is 36.6 Å². The van der Waals surface area contributed by atoms with Crippen molar-refractivity contribution in [3.8, 4) is 0 Å². The topological polar surface area (TPSA) is 62.9 Å². The molecule has 0 spiro atoms. The maximum atomic E-state index is 12.7. The Balaban J connectivity index is 1.98. The van der Waals surface area contributed by atoms with Crippen LogP contribution in [-0.4, -0.2) is 29.0 Å². The molecule has 1 aromatic heterocycles. The third-order valence-corrected chi connectivity index (χ3v) is 3.98. The second-order valence-corrected chi connectivity index (χ2v) is 5.91. The molecule has 0 aliphatic carbocycles. The summed E-state index contributed by atoms with van der Waals surface area (Å²) < 4.78 is 6.22. The lowest BCUT2D eigenvalue weighted by atomic mass is 9.94. The highest BCUT2D eigenvalue weighted by atomic mass is 79.9. The molecule has 0 saturated carbocycles. The van der Waals surface area contributed by atoms with Crippen molar-refractivity contribution in [3.63, 3.8) is 0 Å². The minimum Gasteiger partial charge on any atom is -0.469 e. The van der Waals surface area contributed by atoms with Gasteiger partial charge in [0.2, 0.25) is 11.7 Å². The highest BCUT2D eigenvalue weighted by Crippen LogP contribution is 2.28. The number of furan rings is 1. The van der Waals surface area contributed by atoms with Crippen molar-refractivity contribution in [2.24, 2.45) is 5.10 Å². The van der Waals surface area contributed by atoms with Crippen LogP contribution in [0.1, 0.15) is 29.0 Å². The average molecular weight is 361 g/mol. The lowest BCUT2D eigenvalue weighted by Gasteiger charge is -2.10. The maximum absolute atomic E-state index is 12.7. The van der Waals surface area contributed by atoms with Crippen LogP contribution in [0.25, 0.3) is 0 Å². The first kappa shape index (κ1) is 14.7. The van der Waals surface area contributed by atoms with E-state index in [-0.39, 0.29) is 17.6 Å². The van der Waals surface area contributed by atoms with Crippen LogP contribution >= 0.6 is 15.9 Å². The molecule has 112 valence electrons. The van der Waals surface area contributed by atoms with Gasteiger partial charge in [-0.05, 0) is 24.3 Å². The fourth-order valence-electron chi connectivity index (χ4n) is 2.39. The van der Waals surface area contributed by atoms with Crippen LogP contribution in [0.2, 0.25) is 0 Å². The molecule has 0 N–H and O–H groups in total. The predicted molar refractivity (Wildman–Crippen MR) is 84.7 cm³/mol. The molecule has 0 fully saturated rings. The van der Waals surface area contributed by atoms with Gasteiger partial charge in [0.25, 0.3) is 0 Å². The van der Waals surface area contributed by atoms with Gasteiger partial charge in [-0.3, -0.25) is 9.59 Å². The average Bonchev–Trinajstić information content (AvgIpc) is 3.15. The third-order valence-electron chi connectivity index (χ3n) is 3.48. The monoisotopic (exact) mass is 360 g/mol. The van der Waals surface area contributed by atoms with Gasteiger partial charge in [-0.1, -0.05) is 28.1 Å². The van der Waals surface area contributed by atoms with E-state index in [1.165, 1.54) is 11.9 Å². The number of benzene rings is 1. The molecule has 0 radical (unpaired) electrons. The summed E-state index contributed by atoms with van der Waals surface area (Å²) in [5, 5.41) is 5.51. The molecule has 1 aliphatic rings. The lowest BCUT2D eigenvalue weighted by Crippen LogP contribution is -2.24. The Morgan fingerprint density at radius 1 is 1.32 bits per heavy atom. The zero-order valence-electron chi connectivity index (χ0n) is 11.8. The van der Waals surface area contributed by atoms with Crippen LogP contribution < -0.4 is 0 Å². The van der Waals surface area contributed by atoms with E-state index in [9.17, 15) is 9.59 Å². The van der Waals surface area contributed by atoms with Gasteiger partial charge in [-0.15, -0.1) is 0 Å². The highest BCUT2D eigenvalue weighted by molar-refractivity contribution is 9.10. The molecule has 1 unspecified atom stereocenters. The van der Waals surface area contributed by atoms with Gasteiger partial charge in [-0.2, -0.15) is 5.10 Å². The van der Waals surface area contributed by atoms with Crippen molar-refractivity contribution in [1.29, 1.82) is 0 Å². The Hall–Kier alpha value is -2.21. The normalized spacial score (nSPS) is 17.5. The molecule has 5 nitrogen and oxygen atoms in total. The van der Waals surface area contributed by atoms with Crippen LogP contribution in [-0.2, 0) is 4.79 Å². The number of hydrogen-bond acceptors (Lipinski definition) is 4. The second kappa shape index (κ2) is 5.88. The number of carbonyl (C=O) groups is 2. The Bertz CT molecular complexity index is 753. The minimum absolute atomic E-state index is 0.200. The molecular weight excluding hydrogens is 348 g/mol. The third kappa shape index (κ3) is 2.74. The van der Waals surface area contributed by atoms with Gasteiger partial charge >= 0.3 is 0 Å². The fraction of sp³-hybridized carbons (Fsp3) is 0.188. The van der Waals surface area contributed by atoms with E-state index in [4.69, 9.17) is 4.42 Å². The first-order valence-corrected chi connectivity index (χ1v) is 7.56. The Kier molecular flexibility index (Phi) is 3.94. The highest BCUT2D eigenvalue weighted by Gasteiger charge is 2.36. The standard InChI is InChI=1S/C16H13BrN2O3/c1-10(20)19-9-13(14-6-3-7-22-14)15(18-19)16(21)11-4-2-5-12(17)8-11/h2-8,13H,9H2,1H3. The molecule has 1 atom stereocenters. The van der Waals surface area contributed by atoms with Crippen molar-refractivity contribution in [2.45, 2.75) is 12.8 Å². The minimum atomic E-state index is -0.342. The zero-order valence-corrected chi connectivity index (χ0v) is 13.4. The van der Waals surface area contributed by atoms with E-state index in [0.29, 0.717) is 23.6 Å². The largest absolute Gasteiger partial charge is 0.469 e. The number of nitrogens with zero attached hydrogens (tertiary/aromatic N) is 2. The van der Waals surface area contributed by atoms with E-state index in [0.717, 1.165) is 4.47 Å². The Morgan fingerprint density at radius 2 is 2.14 bits per heavy atom. The number of carbonyl (C=O) groups excluding carboxylic acids is 2. The fourth-order valence-corrected chi connectivity index (χ4v) is 2.79. The molecule has 1 aliphatic heterocycles. The van der Waals surface area contributed by atoms with E-state index in [1.807, 2.05) is 6.07 Å². The summed E-state index contributed by atoms with van der Waals surface area (Å²) in [7, 11) is 0. The second-order valence-electron chi connectivity index (χ2n) is 4.99. The molecule has 2 heterocycles. The summed E-state index contributed by atoms with van der Waals surface area (Å²) in [6.45, 7) is 1.74. The molecule has 1 amide bonds. The molecule has 22 heavy (non-hydrogen) atoms. The Labute approximate surface area is 135 Å². The summed E-state index contributed by atoms with van der Waals surface area (Å²) >= 11 is 3.35. The van der Waals surface area contributed by atoms with Gasteiger partial charge in [0.15, 0.2) is 0 Å². The summed E-state index contributed by atoms with van der Waals surface area (Å²) in [5.41, 5.74) is 0.846. The molecule has 6 heteroatoms. The van der Waals surface area contributed by atoms with Gasteiger partial charge in [0.1, 0.15) is 11.5 Å². The molecule has 1 aromatic carbocycles. The first-order chi connectivity index (χ1) is 10.6. The molecule has 0 saturated heterocycles. The number of hydrazone groups is 1. The maximum Gasteiger partial charge on any atom is 0.239 e. The van der Waals surface area contributed by atoms with Gasteiger partial charge in [0.05, 0.1) is 18.7 Å². The lowest BCUT2D eigenvalue weighted by molar-refractivity contribution is -0.128. The van der Waals surface area contributed by atoms with Crippen LogP contribution in [0.4, 0.5) is 0 Å². The van der Waals surface area contributed by atoms with Crippen LogP contribution in [0.15, 0.2) is 56.7 Å². The van der Waals surface area contributed by atoms with Crippen LogP contribution in [0, 0.1) is 0 Å². The zero-order chi connectivity index (χ0) is 15.7. The quantitative estimate of drug-likeness (QED) is 0.789. The molecule has 0 bridgehead atoms. The van der Waals surface area contributed by atoms with E-state index in [2.05, 4.69) is 21.0 Å². The van der Waals surface area contributed by atoms with Crippen molar-refractivity contribution in [3.05, 3.63) is 58.5 Å². The van der Waals surface area contributed by atoms with Crippen molar-refractivity contribution in [2.75, 3.05) is 6.54 Å². The van der Waals surface area contributed by atoms with Crippen LogP contribution in [0.3, 0.4) is 0 Å². The summed E-state index contributed by atoms with van der Waals surface area (Å²) in [6, 6.07) is 10.6. The number of halogens is 1. The van der Waals surface area contributed by atoms with Crippen molar-refractivity contribution in [1.82, 2.24) is 5.01 Å². The van der Waals surface area contributed by atoms with Gasteiger partial charge < -0.3 is 4.42 Å². The summed E-state index contributed by atoms with van der Waals surface area (Å²) in [5.74, 6) is -0.115. The molecular formula is C16H13BrN2O3. The number of hydrogen-bond donors (Lipinski definition) is 0. The predicted octanol–water partition coefficient (Wildman–Crippen LogP) is 3.23. The van der Waals surface area contributed by atoms with Crippen molar-refractivity contribution < 1.29 is 14.0 Å². The number of ketones is 1. The van der Waals surface area contributed by atoms with E-state index < -0.39 is 0 Å². The Morgan fingerprint density at radius 3 is 2.77 bits per heavy atom. The molecule has 2 aromatic rings. The van der Waals surface area contributed by atoms with Gasteiger partial charge in [0, 0.05) is 17.0 Å². The summed E-state index contributed by atoms with van der Waals surface area (Å²) in [4.78, 5) is 24.3. The van der Waals surface area contributed by atoms with Crippen molar-refractivity contribution >= 4 is 33.3 Å². The van der Waals surface area contributed by atoms with Crippen LogP contribution in [0.5, 0.6) is 0 Å². The van der Waals surface area contributed by atoms with Gasteiger partial charge in [-0.25, -0.2) is 5.01 Å². The smallest absolute Gasteiger partial charge is 0.239 e. The van der Waals surface area contributed by atoms with E-state index >= 15 is 0 Å². The number of amides is 1. The molecule has 3 rings (SSSR count). The first-order valence-electron chi connectivity index (χ1n) is 6.76. The SMILES string of the molecule is CC(=O)N1CC(c2ccco2)C(C(=O)c2cccc(Br)c2)=N1. The summed E-state index contributed by atoms with van der Waals surface area (Å²) in [6.07, 6.45) is 1.55. The number of rotatable bonds is 3. The number of Topliss-reactive ketones (excluding diaryl/α,β-unsaturated/α-hetero) is 1.